The SMILES string of the molecule is CC(=O)O[C@H]1C[C@H](n2cnc3c(N)ncnc32)O[C@@H]1CO[Si](C)(C)C(C)(C)C. The molecule has 0 bridgehead atoms. The van der Waals surface area contributed by atoms with Crippen molar-refractivity contribution in [3.05, 3.63) is 12.7 Å². The number of nitrogen functional groups attached to an aromatic ring is 1. The van der Waals surface area contributed by atoms with Crippen LogP contribution in [-0.4, -0.2) is 52.6 Å². The maximum atomic E-state index is 11.6. The number of hydrogen-bond acceptors (Lipinski definition) is 8. The Labute approximate surface area is 165 Å². The van der Waals surface area contributed by atoms with Crippen molar-refractivity contribution in [2.24, 2.45) is 0 Å². The molecule has 1 fully saturated rings. The Balaban J connectivity index is 1.80. The molecule has 2 aromatic heterocycles. The summed E-state index contributed by atoms with van der Waals surface area (Å²) in [4.78, 5) is 24.1. The van der Waals surface area contributed by atoms with Crippen molar-refractivity contribution in [1.82, 2.24) is 19.5 Å². The van der Waals surface area contributed by atoms with E-state index in [4.69, 9.17) is 19.6 Å². The van der Waals surface area contributed by atoms with Crippen molar-refractivity contribution in [3.63, 3.8) is 0 Å². The fraction of sp³-hybridized carbons (Fsp3) is 0.667. The van der Waals surface area contributed by atoms with Crippen LogP contribution in [0, 0.1) is 0 Å². The normalized spacial score (nSPS) is 23.3. The van der Waals surface area contributed by atoms with E-state index in [-0.39, 0.29) is 23.3 Å². The maximum Gasteiger partial charge on any atom is 0.302 e. The van der Waals surface area contributed by atoms with E-state index in [1.165, 1.54) is 13.3 Å². The highest BCUT2D eigenvalue weighted by Gasteiger charge is 2.43. The molecule has 10 heteroatoms. The van der Waals surface area contributed by atoms with Crippen LogP contribution in [0.1, 0.15) is 40.3 Å². The molecule has 0 spiro atoms. The van der Waals surface area contributed by atoms with Crippen LogP contribution >= 0.6 is 0 Å². The minimum Gasteiger partial charge on any atom is -0.460 e. The highest BCUT2D eigenvalue weighted by Crippen LogP contribution is 2.38. The van der Waals surface area contributed by atoms with Crippen molar-refractivity contribution >= 4 is 31.3 Å². The minimum absolute atomic E-state index is 0.0803. The fourth-order valence-electron chi connectivity index (χ4n) is 2.95. The van der Waals surface area contributed by atoms with Crippen LogP contribution in [-0.2, 0) is 18.7 Å². The van der Waals surface area contributed by atoms with Crippen LogP contribution in [0.25, 0.3) is 11.2 Å². The Kier molecular flexibility index (Phi) is 5.48. The number of aromatic nitrogens is 4. The van der Waals surface area contributed by atoms with Gasteiger partial charge in [0.1, 0.15) is 30.3 Å². The molecule has 0 aromatic carbocycles. The molecule has 0 aliphatic carbocycles. The maximum absolute atomic E-state index is 11.6. The van der Waals surface area contributed by atoms with Gasteiger partial charge >= 0.3 is 5.97 Å². The summed E-state index contributed by atoms with van der Waals surface area (Å²) in [6.45, 7) is 12.7. The van der Waals surface area contributed by atoms with Gasteiger partial charge in [-0.05, 0) is 18.1 Å². The van der Waals surface area contributed by atoms with Crippen LogP contribution in [0.4, 0.5) is 5.82 Å². The van der Waals surface area contributed by atoms with E-state index in [1.54, 1.807) is 10.9 Å². The van der Waals surface area contributed by atoms with E-state index < -0.39 is 14.4 Å². The molecule has 3 rings (SSSR count). The summed E-state index contributed by atoms with van der Waals surface area (Å²) in [5.74, 6) is -0.0234. The van der Waals surface area contributed by atoms with E-state index in [2.05, 4.69) is 48.8 Å². The molecule has 0 amide bonds. The predicted octanol–water partition coefficient (Wildman–Crippen LogP) is 2.65. The van der Waals surface area contributed by atoms with Gasteiger partial charge in [0.05, 0.1) is 12.9 Å². The molecule has 1 saturated heterocycles. The number of carbonyl (C=O) groups is 1. The fourth-order valence-corrected chi connectivity index (χ4v) is 3.96. The number of anilines is 1. The average Bonchev–Trinajstić information content (AvgIpc) is 3.16. The predicted molar refractivity (Wildman–Crippen MR) is 107 cm³/mol. The Hall–Kier alpha value is -2.04. The highest BCUT2D eigenvalue weighted by atomic mass is 28.4. The van der Waals surface area contributed by atoms with Gasteiger partial charge in [-0.15, -0.1) is 0 Å². The molecule has 154 valence electrons. The van der Waals surface area contributed by atoms with Crippen molar-refractivity contribution in [2.45, 2.75) is 70.7 Å². The zero-order valence-corrected chi connectivity index (χ0v) is 18.3. The average molecular weight is 408 g/mol. The second-order valence-corrected chi connectivity index (χ2v) is 13.5. The number of ether oxygens (including phenoxy) is 2. The molecular weight excluding hydrogens is 378 g/mol. The molecular formula is C18H29N5O4Si. The smallest absolute Gasteiger partial charge is 0.302 e. The number of hydrogen-bond donors (Lipinski definition) is 1. The van der Waals surface area contributed by atoms with E-state index in [0.717, 1.165) is 0 Å². The lowest BCUT2D eigenvalue weighted by Crippen LogP contribution is -2.44. The summed E-state index contributed by atoms with van der Waals surface area (Å²) >= 11 is 0. The first-order valence-corrected chi connectivity index (χ1v) is 12.3. The first-order valence-electron chi connectivity index (χ1n) is 9.39. The Morgan fingerprint density at radius 2 is 2.07 bits per heavy atom. The third kappa shape index (κ3) is 4.03. The summed E-state index contributed by atoms with van der Waals surface area (Å²) in [5.41, 5.74) is 6.98. The number of fused-ring (bicyclic) bond motifs is 1. The number of nitrogens with zero attached hydrogens (tertiary/aromatic N) is 4. The van der Waals surface area contributed by atoms with Crippen molar-refractivity contribution in [3.8, 4) is 0 Å². The van der Waals surface area contributed by atoms with Crippen molar-refractivity contribution in [1.29, 1.82) is 0 Å². The van der Waals surface area contributed by atoms with Gasteiger partial charge in [0.25, 0.3) is 0 Å². The third-order valence-corrected chi connectivity index (χ3v) is 10.1. The zero-order chi connectivity index (χ0) is 20.7. The summed E-state index contributed by atoms with van der Waals surface area (Å²) in [7, 11) is -1.96. The quantitative estimate of drug-likeness (QED) is 0.594. The van der Waals surface area contributed by atoms with Crippen molar-refractivity contribution in [2.75, 3.05) is 12.3 Å². The lowest BCUT2D eigenvalue weighted by Gasteiger charge is -2.37. The Morgan fingerprint density at radius 1 is 1.36 bits per heavy atom. The highest BCUT2D eigenvalue weighted by molar-refractivity contribution is 6.74. The number of rotatable bonds is 5. The molecule has 3 atom stereocenters. The molecule has 3 heterocycles. The van der Waals surface area contributed by atoms with Crippen LogP contribution < -0.4 is 5.73 Å². The number of imidazole rings is 1. The van der Waals surface area contributed by atoms with E-state index in [0.29, 0.717) is 30.0 Å². The molecule has 0 radical (unpaired) electrons. The van der Waals surface area contributed by atoms with Gasteiger partial charge < -0.3 is 19.6 Å². The first kappa shape index (κ1) is 20.7. The number of esters is 1. The third-order valence-electron chi connectivity index (χ3n) is 5.61. The molecule has 1 aliphatic heterocycles. The standard InChI is InChI=1S/C18H29N5O4Si/c1-11(24)26-12-7-14(23-10-22-15-16(19)20-9-21-17(15)23)27-13(12)8-25-28(5,6)18(2,3)4/h9-10,12-14H,7-8H2,1-6H3,(H2,19,20,21)/t12-,13+,14+/m0/s1. The topological polar surface area (TPSA) is 114 Å². The van der Waals surface area contributed by atoms with Gasteiger partial charge in [-0.3, -0.25) is 9.36 Å². The van der Waals surface area contributed by atoms with Crippen molar-refractivity contribution < 1.29 is 18.7 Å². The van der Waals surface area contributed by atoms with Crippen LogP contribution in [0.15, 0.2) is 12.7 Å². The lowest BCUT2D eigenvalue weighted by molar-refractivity contribution is -0.150. The second-order valence-electron chi connectivity index (χ2n) is 8.67. The van der Waals surface area contributed by atoms with E-state index >= 15 is 0 Å². The molecule has 2 aromatic rings. The Bertz CT molecular complexity index is 863. The van der Waals surface area contributed by atoms with E-state index in [1.807, 2.05) is 0 Å². The van der Waals surface area contributed by atoms with Gasteiger partial charge in [0.2, 0.25) is 0 Å². The molecule has 1 aliphatic rings. The monoisotopic (exact) mass is 407 g/mol. The molecule has 28 heavy (non-hydrogen) atoms. The lowest BCUT2D eigenvalue weighted by atomic mass is 10.2. The number of carbonyl (C=O) groups excluding carboxylic acids is 1. The van der Waals surface area contributed by atoms with Crippen LogP contribution in [0.2, 0.25) is 18.1 Å². The largest absolute Gasteiger partial charge is 0.460 e. The van der Waals surface area contributed by atoms with Crippen LogP contribution in [0.3, 0.4) is 0 Å². The van der Waals surface area contributed by atoms with Gasteiger partial charge in [0, 0.05) is 13.3 Å². The van der Waals surface area contributed by atoms with Gasteiger partial charge in [-0.2, -0.15) is 0 Å². The van der Waals surface area contributed by atoms with Gasteiger partial charge in [-0.1, -0.05) is 20.8 Å². The van der Waals surface area contributed by atoms with E-state index in [9.17, 15) is 4.79 Å². The summed E-state index contributed by atoms with van der Waals surface area (Å²) in [5, 5.41) is 0.0803. The second kappa shape index (κ2) is 7.41. The number of nitrogens with two attached hydrogens (primary N) is 1. The van der Waals surface area contributed by atoms with Crippen LogP contribution in [0.5, 0.6) is 0 Å². The molecule has 9 nitrogen and oxygen atoms in total. The molecule has 0 unspecified atom stereocenters. The van der Waals surface area contributed by atoms with Gasteiger partial charge in [0.15, 0.2) is 19.8 Å². The zero-order valence-electron chi connectivity index (χ0n) is 17.3. The molecule has 0 saturated carbocycles. The summed E-state index contributed by atoms with van der Waals surface area (Å²) in [6.07, 6.45) is 2.37. The van der Waals surface area contributed by atoms with Gasteiger partial charge in [-0.25, -0.2) is 15.0 Å². The minimum atomic E-state index is -1.96. The molecule has 2 N–H and O–H groups in total. The Morgan fingerprint density at radius 3 is 2.71 bits per heavy atom. The summed E-state index contributed by atoms with van der Waals surface area (Å²) < 4.78 is 19.9. The first-order chi connectivity index (χ1) is 13.0. The summed E-state index contributed by atoms with van der Waals surface area (Å²) in [6, 6.07) is 0.